The van der Waals surface area contributed by atoms with Crippen molar-refractivity contribution in [2.75, 3.05) is 6.61 Å². The van der Waals surface area contributed by atoms with Crippen molar-refractivity contribution in [3.05, 3.63) is 54.6 Å². The van der Waals surface area contributed by atoms with Gasteiger partial charge >= 0.3 is 0 Å². The summed E-state index contributed by atoms with van der Waals surface area (Å²) in [5, 5.41) is 4.09. The highest BCUT2D eigenvalue weighted by Crippen LogP contribution is 2.24. The van der Waals surface area contributed by atoms with Crippen molar-refractivity contribution in [2.24, 2.45) is 5.41 Å². The van der Waals surface area contributed by atoms with Crippen molar-refractivity contribution in [2.45, 2.75) is 33.7 Å². The SMILES string of the molecule is Cc1cccc(OC/C=C/C(C(=O)C(C)(C)C)n2cncn2)c1. The number of benzene rings is 1. The summed E-state index contributed by atoms with van der Waals surface area (Å²) in [5.41, 5.74) is 0.688. The predicted molar refractivity (Wildman–Crippen MR) is 89.3 cm³/mol. The minimum Gasteiger partial charge on any atom is -0.490 e. The van der Waals surface area contributed by atoms with Crippen LogP contribution in [-0.2, 0) is 4.79 Å². The highest BCUT2D eigenvalue weighted by molar-refractivity contribution is 5.88. The topological polar surface area (TPSA) is 57.0 Å². The van der Waals surface area contributed by atoms with Crippen molar-refractivity contribution in [1.82, 2.24) is 14.8 Å². The lowest BCUT2D eigenvalue weighted by Gasteiger charge is -2.22. The van der Waals surface area contributed by atoms with Crippen LogP contribution in [0.5, 0.6) is 5.75 Å². The molecule has 0 aliphatic carbocycles. The Hall–Kier alpha value is -2.43. The zero-order chi connectivity index (χ0) is 16.9. The van der Waals surface area contributed by atoms with E-state index in [-0.39, 0.29) is 5.78 Å². The molecule has 2 aromatic rings. The lowest BCUT2D eigenvalue weighted by molar-refractivity contribution is -0.128. The van der Waals surface area contributed by atoms with E-state index in [2.05, 4.69) is 10.1 Å². The number of carbonyl (C=O) groups is 1. The van der Waals surface area contributed by atoms with Gasteiger partial charge in [0.25, 0.3) is 0 Å². The lowest BCUT2D eigenvalue weighted by Crippen LogP contribution is -2.29. The summed E-state index contributed by atoms with van der Waals surface area (Å²) in [5.74, 6) is 0.893. The molecule has 1 aromatic heterocycles. The van der Waals surface area contributed by atoms with Crippen molar-refractivity contribution < 1.29 is 9.53 Å². The van der Waals surface area contributed by atoms with Gasteiger partial charge in [-0.3, -0.25) is 4.79 Å². The molecular formula is C18H23N3O2. The second-order valence-corrected chi connectivity index (χ2v) is 6.49. The smallest absolute Gasteiger partial charge is 0.166 e. The standard InChI is InChI=1S/C18H23N3O2/c1-14-7-5-8-15(11-14)23-10-6-9-16(17(22)18(2,3)4)21-13-19-12-20-21/h5-9,11-13,16H,10H2,1-4H3/b9-6+. The lowest BCUT2D eigenvalue weighted by atomic mass is 9.86. The van der Waals surface area contributed by atoms with E-state index < -0.39 is 11.5 Å². The molecular weight excluding hydrogens is 290 g/mol. The van der Waals surface area contributed by atoms with Crippen LogP contribution in [0.1, 0.15) is 32.4 Å². The van der Waals surface area contributed by atoms with Crippen molar-refractivity contribution in [1.29, 1.82) is 0 Å². The van der Waals surface area contributed by atoms with E-state index in [0.717, 1.165) is 11.3 Å². The average Bonchev–Trinajstić information content (AvgIpc) is 3.00. The van der Waals surface area contributed by atoms with Crippen LogP contribution in [0.3, 0.4) is 0 Å². The Labute approximate surface area is 137 Å². The zero-order valence-electron chi connectivity index (χ0n) is 14.1. The Balaban J connectivity index is 2.04. The van der Waals surface area contributed by atoms with Crippen LogP contribution in [-0.4, -0.2) is 27.2 Å². The molecule has 1 heterocycles. The second-order valence-electron chi connectivity index (χ2n) is 6.49. The molecule has 0 aliphatic rings. The average molecular weight is 313 g/mol. The number of aromatic nitrogens is 3. The second kappa shape index (κ2) is 7.22. The number of ether oxygens (including phenoxy) is 1. The van der Waals surface area contributed by atoms with Gasteiger partial charge in [-0.1, -0.05) is 39.0 Å². The normalized spacial score (nSPS) is 13.2. The Morgan fingerprint density at radius 3 is 2.78 bits per heavy atom. The largest absolute Gasteiger partial charge is 0.490 e. The molecule has 5 heteroatoms. The number of hydrogen-bond donors (Lipinski definition) is 0. The third-order valence-electron chi connectivity index (χ3n) is 3.38. The molecule has 1 aromatic carbocycles. The molecule has 23 heavy (non-hydrogen) atoms. The van der Waals surface area contributed by atoms with Crippen LogP contribution in [0.25, 0.3) is 0 Å². The fourth-order valence-corrected chi connectivity index (χ4v) is 2.13. The first-order chi connectivity index (χ1) is 10.9. The third kappa shape index (κ3) is 4.77. The van der Waals surface area contributed by atoms with Crippen LogP contribution in [0.4, 0.5) is 0 Å². The maximum absolute atomic E-state index is 12.6. The Morgan fingerprint density at radius 1 is 1.39 bits per heavy atom. The number of nitrogens with zero attached hydrogens (tertiary/aromatic N) is 3. The van der Waals surface area contributed by atoms with Gasteiger partial charge in [0.15, 0.2) is 5.78 Å². The van der Waals surface area contributed by atoms with Gasteiger partial charge in [0.2, 0.25) is 0 Å². The van der Waals surface area contributed by atoms with E-state index in [1.165, 1.54) is 6.33 Å². The van der Waals surface area contributed by atoms with Crippen LogP contribution in [0.2, 0.25) is 0 Å². The molecule has 0 saturated heterocycles. The molecule has 0 saturated carbocycles. The number of hydrogen-bond acceptors (Lipinski definition) is 4. The number of ketones is 1. The summed E-state index contributed by atoms with van der Waals surface area (Å²) in [7, 11) is 0. The molecule has 0 fully saturated rings. The molecule has 1 unspecified atom stereocenters. The number of aryl methyl sites for hydroxylation is 1. The maximum Gasteiger partial charge on any atom is 0.166 e. The first kappa shape index (κ1) is 16.9. The number of allylic oxidation sites excluding steroid dienone is 1. The summed E-state index contributed by atoms with van der Waals surface area (Å²) in [6.07, 6.45) is 6.65. The summed E-state index contributed by atoms with van der Waals surface area (Å²) in [4.78, 5) is 16.5. The van der Waals surface area contributed by atoms with Crippen molar-refractivity contribution in [3.8, 4) is 5.75 Å². The summed E-state index contributed by atoms with van der Waals surface area (Å²) in [6, 6.07) is 7.39. The summed E-state index contributed by atoms with van der Waals surface area (Å²) >= 11 is 0. The van der Waals surface area contributed by atoms with Gasteiger partial charge in [-0.15, -0.1) is 0 Å². The van der Waals surface area contributed by atoms with Gasteiger partial charge in [-0.25, -0.2) is 9.67 Å². The van der Waals surface area contributed by atoms with E-state index in [9.17, 15) is 4.79 Å². The number of rotatable bonds is 6. The maximum atomic E-state index is 12.6. The molecule has 0 aliphatic heterocycles. The highest BCUT2D eigenvalue weighted by Gasteiger charge is 2.29. The van der Waals surface area contributed by atoms with Gasteiger partial charge in [-0.2, -0.15) is 5.10 Å². The fourth-order valence-electron chi connectivity index (χ4n) is 2.13. The Kier molecular flexibility index (Phi) is 5.32. The first-order valence-corrected chi connectivity index (χ1v) is 7.62. The van der Waals surface area contributed by atoms with E-state index in [1.54, 1.807) is 11.0 Å². The van der Waals surface area contributed by atoms with Gasteiger partial charge in [-0.05, 0) is 30.7 Å². The first-order valence-electron chi connectivity index (χ1n) is 7.62. The summed E-state index contributed by atoms with van der Waals surface area (Å²) < 4.78 is 7.24. The summed E-state index contributed by atoms with van der Waals surface area (Å²) in [6.45, 7) is 8.11. The fraction of sp³-hybridized carbons (Fsp3) is 0.389. The molecule has 1 atom stereocenters. The third-order valence-corrected chi connectivity index (χ3v) is 3.38. The van der Waals surface area contributed by atoms with Crippen LogP contribution >= 0.6 is 0 Å². The van der Waals surface area contributed by atoms with E-state index in [4.69, 9.17) is 4.74 Å². The monoisotopic (exact) mass is 313 g/mol. The molecule has 0 spiro atoms. The molecule has 2 rings (SSSR count). The number of Topliss-reactive ketones (excluding diaryl/α,β-unsaturated/α-hetero) is 1. The van der Waals surface area contributed by atoms with Crippen molar-refractivity contribution >= 4 is 5.78 Å². The molecule has 0 radical (unpaired) electrons. The molecule has 0 N–H and O–H groups in total. The zero-order valence-corrected chi connectivity index (χ0v) is 14.1. The van der Waals surface area contributed by atoms with Crippen LogP contribution in [0, 0.1) is 12.3 Å². The minimum absolute atomic E-state index is 0.0785. The molecule has 0 bridgehead atoms. The van der Waals surface area contributed by atoms with E-state index in [1.807, 2.05) is 64.1 Å². The van der Waals surface area contributed by atoms with Crippen LogP contribution < -0.4 is 4.74 Å². The van der Waals surface area contributed by atoms with E-state index >= 15 is 0 Å². The van der Waals surface area contributed by atoms with Gasteiger partial charge in [0.05, 0.1) is 0 Å². The molecule has 0 amide bonds. The van der Waals surface area contributed by atoms with E-state index in [0.29, 0.717) is 6.61 Å². The van der Waals surface area contributed by atoms with Crippen molar-refractivity contribution in [3.63, 3.8) is 0 Å². The molecule has 122 valence electrons. The van der Waals surface area contributed by atoms with Gasteiger partial charge in [0.1, 0.15) is 31.1 Å². The molecule has 5 nitrogen and oxygen atoms in total. The van der Waals surface area contributed by atoms with Gasteiger partial charge in [0, 0.05) is 5.41 Å². The number of carbonyl (C=O) groups excluding carboxylic acids is 1. The Bertz CT molecular complexity index is 670. The Morgan fingerprint density at radius 2 is 2.17 bits per heavy atom. The highest BCUT2D eigenvalue weighted by atomic mass is 16.5. The minimum atomic E-state index is -0.474. The van der Waals surface area contributed by atoms with Gasteiger partial charge < -0.3 is 4.74 Å². The predicted octanol–water partition coefficient (Wildman–Crippen LogP) is 3.38. The quantitative estimate of drug-likeness (QED) is 0.767. The van der Waals surface area contributed by atoms with Crippen LogP contribution in [0.15, 0.2) is 49.1 Å².